The summed E-state index contributed by atoms with van der Waals surface area (Å²) in [6, 6.07) is 30.0. The van der Waals surface area contributed by atoms with Gasteiger partial charge in [0.05, 0.1) is 0 Å². The first-order chi connectivity index (χ1) is 10.9. The van der Waals surface area contributed by atoms with Crippen LogP contribution in [0.2, 0.25) is 0 Å². The molecule has 22 heavy (non-hydrogen) atoms. The van der Waals surface area contributed by atoms with E-state index in [4.69, 9.17) is 5.73 Å². The van der Waals surface area contributed by atoms with E-state index in [0.717, 1.165) is 11.1 Å². The summed E-state index contributed by atoms with van der Waals surface area (Å²) in [5.41, 5.74) is 8.64. The second kappa shape index (κ2) is 9.18. The zero-order chi connectivity index (χ0) is 15.5. The zero-order valence-electron chi connectivity index (χ0n) is 12.4. The Labute approximate surface area is 132 Å². The van der Waals surface area contributed by atoms with Crippen LogP contribution in [-0.4, -0.2) is 0 Å². The first kappa shape index (κ1) is 15.6. The van der Waals surface area contributed by atoms with Gasteiger partial charge < -0.3 is 5.73 Å². The zero-order valence-corrected chi connectivity index (χ0v) is 12.4. The number of benzene rings is 3. The fourth-order valence-corrected chi connectivity index (χ4v) is 1.80. The quantitative estimate of drug-likeness (QED) is 0.665. The molecule has 0 bridgehead atoms. The summed E-state index contributed by atoms with van der Waals surface area (Å²) in [7, 11) is 0. The Morgan fingerprint density at radius 2 is 0.909 bits per heavy atom. The SMILES string of the molecule is C(#Cc1ccccc1)c1ccccc1.NCc1ccccc1. The van der Waals surface area contributed by atoms with Crippen LogP contribution in [-0.2, 0) is 6.54 Å². The number of hydrogen-bond donors (Lipinski definition) is 1. The molecule has 0 aliphatic heterocycles. The molecule has 0 saturated carbocycles. The van der Waals surface area contributed by atoms with Crippen molar-refractivity contribution in [2.75, 3.05) is 0 Å². The second-order valence-electron chi connectivity index (χ2n) is 4.67. The van der Waals surface area contributed by atoms with Gasteiger partial charge in [0, 0.05) is 17.7 Å². The predicted octanol–water partition coefficient (Wildman–Crippen LogP) is 4.23. The van der Waals surface area contributed by atoms with Crippen LogP contribution >= 0.6 is 0 Å². The molecule has 1 nitrogen and oxygen atoms in total. The fourth-order valence-electron chi connectivity index (χ4n) is 1.80. The van der Waals surface area contributed by atoms with E-state index in [2.05, 4.69) is 11.8 Å². The first-order valence-electron chi connectivity index (χ1n) is 7.24. The number of nitrogens with two attached hydrogens (primary N) is 1. The molecular formula is C21H19N. The molecule has 0 amide bonds. The summed E-state index contributed by atoms with van der Waals surface area (Å²) in [5, 5.41) is 0. The van der Waals surface area contributed by atoms with Crippen molar-refractivity contribution in [3.63, 3.8) is 0 Å². The molecule has 0 aromatic heterocycles. The van der Waals surface area contributed by atoms with Crippen LogP contribution < -0.4 is 5.73 Å². The fraction of sp³-hybridized carbons (Fsp3) is 0.0476. The summed E-state index contributed by atoms with van der Waals surface area (Å²) in [5.74, 6) is 6.22. The van der Waals surface area contributed by atoms with Crippen LogP contribution in [0.3, 0.4) is 0 Å². The van der Waals surface area contributed by atoms with E-state index >= 15 is 0 Å². The molecule has 0 aliphatic rings. The van der Waals surface area contributed by atoms with Crippen molar-refractivity contribution in [3.05, 3.63) is 108 Å². The summed E-state index contributed by atoms with van der Waals surface area (Å²) < 4.78 is 0. The van der Waals surface area contributed by atoms with Gasteiger partial charge in [0.1, 0.15) is 0 Å². The summed E-state index contributed by atoms with van der Waals surface area (Å²) in [4.78, 5) is 0. The Morgan fingerprint density at radius 3 is 1.23 bits per heavy atom. The van der Waals surface area contributed by atoms with Gasteiger partial charge in [-0.15, -0.1) is 0 Å². The van der Waals surface area contributed by atoms with Gasteiger partial charge in [0.25, 0.3) is 0 Å². The van der Waals surface area contributed by atoms with Gasteiger partial charge in [-0.2, -0.15) is 0 Å². The van der Waals surface area contributed by atoms with Crippen LogP contribution in [0.25, 0.3) is 0 Å². The number of hydrogen-bond acceptors (Lipinski definition) is 1. The average molecular weight is 285 g/mol. The Hall–Kier alpha value is -2.82. The third kappa shape index (κ3) is 5.66. The van der Waals surface area contributed by atoms with Crippen molar-refractivity contribution in [1.82, 2.24) is 0 Å². The predicted molar refractivity (Wildman–Crippen MR) is 93.2 cm³/mol. The molecule has 0 fully saturated rings. The Balaban J connectivity index is 0.000000188. The second-order valence-corrected chi connectivity index (χ2v) is 4.67. The molecule has 0 spiro atoms. The van der Waals surface area contributed by atoms with Gasteiger partial charge in [-0.25, -0.2) is 0 Å². The minimum Gasteiger partial charge on any atom is -0.326 e. The molecule has 3 aromatic rings. The normalized spacial score (nSPS) is 8.95. The summed E-state index contributed by atoms with van der Waals surface area (Å²) in [6.07, 6.45) is 0. The maximum atomic E-state index is 5.35. The lowest BCUT2D eigenvalue weighted by molar-refractivity contribution is 1.07. The summed E-state index contributed by atoms with van der Waals surface area (Å²) in [6.45, 7) is 0.640. The van der Waals surface area contributed by atoms with E-state index in [1.165, 1.54) is 5.56 Å². The van der Waals surface area contributed by atoms with Gasteiger partial charge in [-0.05, 0) is 29.8 Å². The van der Waals surface area contributed by atoms with Crippen LogP contribution in [0, 0.1) is 11.8 Å². The van der Waals surface area contributed by atoms with E-state index < -0.39 is 0 Å². The third-order valence-electron chi connectivity index (χ3n) is 2.98. The molecule has 0 unspecified atom stereocenters. The van der Waals surface area contributed by atoms with E-state index in [0.29, 0.717) is 6.54 Å². The van der Waals surface area contributed by atoms with Crippen molar-refractivity contribution in [3.8, 4) is 11.8 Å². The molecular weight excluding hydrogens is 266 g/mol. The Morgan fingerprint density at radius 1 is 0.545 bits per heavy atom. The molecule has 0 aliphatic carbocycles. The van der Waals surface area contributed by atoms with E-state index in [1.807, 2.05) is 91.0 Å². The largest absolute Gasteiger partial charge is 0.326 e. The van der Waals surface area contributed by atoms with Crippen LogP contribution in [0.4, 0.5) is 0 Å². The van der Waals surface area contributed by atoms with Crippen molar-refractivity contribution < 1.29 is 0 Å². The minimum atomic E-state index is 0.640. The van der Waals surface area contributed by atoms with E-state index in [9.17, 15) is 0 Å². The van der Waals surface area contributed by atoms with Crippen LogP contribution in [0.15, 0.2) is 91.0 Å². The highest BCUT2D eigenvalue weighted by molar-refractivity contribution is 5.42. The minimum absolute atomic E-state index is 0.640. The average Bonchev–Trinajstić information content (AvgIpc) is 2.63. The number of rotatable bonds is 1. The van der Waals surface area contributed by atoms with Gasteiger partial charge in [-0.1, -0.05) is 78.6 Å². The van der Waals surface area contributed by atoms with Crippen molar-refractivity contribution >= 4 is 0 Å². The smallest absolute Gasteiger partial charge is 0.0249 e. The Bertz CT molecular complexity index is 664. The van der Waals surface area contributed by atoms with Gasteiger partial charge in [0.2, 0.25) is 0 Å². The lowest BCUT2D eigenvalue weighted by atomic mass is 10.2. The molecule has 3 rings (SSSR count). The molecule has 108 valence electrons. The highest BCUT2D eigenvalue weighted by atomic mass is 14.5. The monoisotopic (exact) mass is 285 g/mol. The van der Waals surface area contributed by atoms with E-state index in [1.54, 1.807) is 0 Å². The lowest BCUT2D eigenvalue weighted by Gasteiger charge is -1.90. The first-order valence-corrected chi connectivity index (χ1v) is 7.24. The maximum Gasteiger partial charge on any atom is 0.0249 e. The molecule has 0 radical (unpaired) electrons. The topological polar surface area (TPSA) is 26.0 Å². The molecule has 0 heterocycles. The molecule has 0 atom stereocenters. The molecule has 0 saturated heterocycles. The van der Waals surface area contributed by atoms with Crippen LogP contribution in [0.5, 0.6) is 0 Å². The highest BCUT2D eigenvalue weighted by Gasteiger charge is 1.83. The van der Waals surface area contributed by atoms with Gasteiger partial charge >= 0.3 is 0 Å². The molecule has 3 aromatic carbocycles. The molecule has 2 N–H and O–H groups in total. The standard InChI is InChI=1S/C14H10.C7H9N/c1-3-7-13(8-4-1)11-12-14-9-5-2-6-10-14;8-6-7-4-2-1-3-5-7/h1-10H;1-5H,6,8H2. The Kier molecular flexibility index (Phi) is 6.49. The van der Waals surface area contributed by atoms with Gasteiger partial charge in [-0.3, -0.25) is 0 Å². The highest BCUT2D eigenvalue weighted by Crippen LogP contribution is 1.98. The maximum absolute atomic E-state index is 5.35. The van der Waals surface area contributed by atoms with Gasteiger partial charge in [0.15, 0.2) is 0 Å². The lowest BCUT2D eigenvalue weighted by Crippen LogP contribution is -1.94. The molecule has 1 heteroatoms. The van der Waals surface area contributed by atoms with Crippen molar-refractivity contribution in [2.45, 2.75) is 6.54 Å². The van der Waals surface area contributed by atoms with Crippen molar-refractivity contribution in [2.24, 2.45) is 5.73 Å². The summed E-state index contributed by atoms with van der Waals surface area (Å²) >= 11 is 0. The van der Waals surface area contributed by atoms with E-state index in [-0.39, 0.29) is 0 Å². The third-order valence-corrected chi connectivity index (χ3v) is 2.98. The van der Waals surface area contributed by atoms with Crippen LogP contribution in [0.1, 0.15) is 16.7 Å². The van der Waals surface area contributed by atoms with Crippen molar-refractivity contribution in [1.29, 1.82) is 0 Å².